The van der Waals surface area contributed by atoms with E-state index < -0.39 is 0 Å². The van der Waals surface area contributed by atoms with Crippen LogP contribution < -0.4 is 0 Å². The molecule has 3 heterocycles. The van der Waals surface area contributed by atoms with Gasteiger partial charge in [-0.05, 0) is 26.7 Å². The highest BCUT2D eigenvalue weighted by molar-refractivity contribution is 5.92. The molecular weight excluding hydrogens is 324 g/mol. The number of amides is 2. The maximum Gasteiger partial charge on any atom is 0.276 e. The van der Waals surface area contributed by atoms with Gasteiger partial charge in [0.05, 0.1) is 11.9 Å². The van der Waals surface area contributed by atoms with Gasteiger partial charge < -0.3 is 14.3 Å². The Kier molecular flexibility index (Phi) is 5.11. The van der Waals surface area contributed by atoms with Gasteiger partial charge in [0.1, 0.15) is 5.76 Å². The fourth-order valence-electron chi connectivity index (χ4n) is 3.09. The molecule has 1 fully saturated rings. The molecule has 134 valence electrons. The zero-order valence-electron chi connectivity index (χ0n) is 14.5. The molecule has 0 aromatic carbocycles. The number of carbonyl (C=O) groups excluding carboxylic acids is 2. The van der Waals surface area contributed by atoms with Crippen molar-refractivity contribution in [3.63, 3.8) is 0 Å². The zero-order chi connectivity index (χ0) is 17.8. The summed E-state index contributed by atoms with van der Waals surface area (Å²) in [6.45, 7) is 6.05. The fraction of sp³-hybridized carbons (Fsp3) is 0.562. The van der Waals surface area contributed by atoms with Crippen LogP contribution in [0.4, 0.5) is 0 Å². The number of aromatic amines is 1. The predicted octanol–water partition coefficient (Wildman–Crippen LogP) is 0.717. The summed E-state index contributed by atoms with van der Waals surface area (Å²) < 4.78 is 5.14. The van der Waals surface area contributed by atoms with E-state index in [9.17, 15) is 9.59 Å². The monoisotopic (exact) mass is 346 g/mol. The van der Waals surface area contributed by atoms with Gasteiger partial charge in [0.15, 0.2) is 5.69 Å². The van der Waals surface area contributed by atoms with Gasteiger partial charge in [-0.2, -0.15) is 15.4 Å². The number of rotatable bonds is 4. The number of carbonyl (C=O) groups is 2. The molecule has 0 bridgehead atoms. The Hall–Kier alpha value is -2.71. The van der Waals surface area contributed by atoms with Crippen molar-refractivity contribution >= 4 is 11.8 Å². The van der Waals surface area contributed by atoms with E-state index in [1.165, 1.54) is 6.20 Å². The number of nitrogens with one attached hydrogen (secondary N) is 1. The fourth-order valence-corrected chi connectivity index (χ4v) is 3.09. The maximum absolute atomic E-state index is 12.5. The van der Waals surface area contributed by atoms with Crippen molar-refractivity contribution in [1.82, 2.24) is 30.4 Å². The van der Waals surface area contributed by atoms with Crippen molar-refractivity contribution in [2.24, 2.45) is 0 Å². The average molecular weight is 346 g/mol. The van der Waals surface area contributed by atoms with Gasteiger partial charge in [-0.15, -0.1) is 0 Å². The Morgan fingerprint density at radius 1 is 1.20 bits per heavy atom. The van der Waals surface area contributed by atoms with Crippen molar-refractivity contribution < 1.29 is 14.1 Å². The Balaban J connectivity index is 1.54. The van der Waals surface area contributed by atoms with Gasteiger partial charge in [-0.1, -0.05) is 5.16 Å². The lowest BCUT2D eigenvalue weighted by molar-refractivity contribution is -0.131. The molecule has 0 unspecified atom stereocenters. The zero-order valence-corrected chi connectivity index (χ0v) is 14.5. The maximum atomic E-state index is 12.5. The van der Waals surface area contributed by atoms with E-state index in [2.05, 4.69) is 20.6 Å². The van der Waals surface area contributed by atoms with Crippen molar-refractivity contribution in [3.8, 4) is 0 Å². The average Bonchev–Trinajstić information content (AvgIpc) is 3.16. The smallest absolute Gasteiger partial charge is 0.276 e. The number of hydrogen-bond acceptors (Lipinski definition) is 6. The third-order valence-corrected chi connectivity index (χ3v) is 4.54. The Morgan fingerprint density at radius 3 is 2.64 bits per heavy atom. The first-order chi connectivity index (χ1) is 12.1. The Bertz CT molecular complexity index is 720. The minimum absolute atomic E-state index is 0.0933. The standard InChI is InChI=1S/C16H22N6O3/c1-11-13(12(2)25-19-11)4-5-15(23)21-6-3-7-22(9-8-21)16(24)14-10-17-20-18-14/h10H,3-9H2,1-2H3,(H,17,18,20). The molecule has 0 aliphatic carbocycles. The molecule has 9 nitrogen and oxygen atoms in total. The summed E-state index contributed by atoms with van der Waals surface area (Å²) in [4.78, 5) is 28.4. The van der Waals surface area contributed by atoms with Crippen LogP contribution in [0.2, 0.25) is 0 Å². The third kappa shape index (κ3) is 3.86. The van der Waals surface area contributed by atoms with Crippen LogP contribution in [0.25, 0.3) is 0 Å². The van der Waals surface area contributed by atoms with E-state index in [4.69, 9.17) is 4.52 Å². The number of hydrogen-bond donors (Lipinski definition) is 1. The third-order valence-electron chi connectivity index (χ3n) is 4.54. The molecule has 0 atom stereocenters. The Labute approximate surface area is 145 Å². The molecule has 0 radical (unpaired) electrons. The van der Waals surface area contributed by atoms with Crippen molar-refractivity contribution in [3.05, 3.63) is 28.9 Å². The lowest BCUT2D eigenvalue weighted by Gasteiger charge is -2.21. The number of nitrogens with zero attached hydrogens (tertiary/aromatic N) is 5. The Morgan fingerprint density at radius 2 is 1.96 bits per heavy atom. The van der Waals surface area contributed by atoms with Crippen LogP contribution in [0.15, 0.2) is 10.7 Å². The van der Waals surface area contributed by atoms with Gasteiger partial charge in [0.25, 0.3) is 5.91 Å². The summed E-state index contributed by atoms with van der Waals surface area (Å²) in [6.07, 6.45) is 3.21. The van der Waals surface area contributed by atoms with Gasteiger partial charge in [0, 0.05) is 38.2 Å². The minimum atomic E-state index is -0.154. The molecule has 3 rings (SSSR count). The highest BCUT2D eigenvalue weighted by Crippen LogP contribution is 2.16. The summed E-state index contributed by atoms with van der Waals surface area (Å²) in [7, 11) is 0. The summed E-state index contributed by atoms with van der Waals surface area (Å²) in [6, 6.07) is 0. The molecule has 2 aromatic heterocycles. The molecule has 9 heteroatoms. The van der Waals surface area contributed by atoms with Gasteiger partial charge in [0.2, 0.25) is 5.91 Å². The first kappa shape index (κ1) is 17.1. The first-order valence-corrected chi connectivity index (χ1v) is 8.41. The SMILES string of the molecule is Cc1noc(C)c1CCC(=O)N1CCCN(C(=O)c2cn[nH]n2)CC1. The van der Waals surface area contributed by atoms with Gasteiger partial charge in [-0.25, -0.2) is 0 Å². The topological polar surface area (TPSA) is 108 Å². The molecular formula is C16H22N6O3. The van der Waals surface area contributed by atoms with Crippen LogP contribution in [-0.4, -0.2) is 68.4 Å². The lowest BCUT2D eigenvalue weighted by Crippen LogP contribution is -2.37. The van der Waals surface area contributed by atoms with E-state index >= 15 is 0 Å². The largest absolute Gasteiger partial charge is 0.361 e. The van der Waals surface area contributed by atoms with Crippen LogP contribution >= 0.6 is 0 Å². The summed E-state index contributed by atoms with van der Waals surface area (Å²) in [5.74, 6) is 0.708. The van der Waals surface area contributed by atoms with Crippen LogP contribution in [0, 0.1) is 13.8 Å². The molecule has 25 heavy (non-hydrogen) atoms. The van der Waals surface area contributed by atoms with E-state index in [1.54, 1.807) is 4.90 Å². The lowest BCUT2D eigenvalue weighted by atomic mass is 10.1. The molecule has 1 N–H and O–H groups in total. The van der Waals surface area contributed by atoms with Crippen molar-refractivity contribution in [2.75, 3.05) is 26.2 Å². The second kappa shape index (κ2) is 7.45. The van der Waals surface area contributed by atoms with E-state index in [1.807, 2.05) is 18.7 Å². The highest BCUT2D eigenvalue weighted by Gasteiger charge is 2.24. The highest BCUT2D eigenvalue weighted by atomic mass is 16.5. The minimum Gasteiger partial charge on any atom is -0.361 e. The normalized spacial score (nSPS) is 15.3. The number of aromatic nitrogens is 4. The summed E-state index contributed by atoms with van der Waals surface area (Å²) in [5.41, 5.74) is 2.15. The second-order valence-electron chi connectivity index (χ2n) is 6.18. The van der Waals surface area contributed by atoms with Crippen molar-refractivity contribution in [2.45, 2.75) is 33.1 Å². The van der Waals surface area contributed by atoms with E-state index in [0.29, 0.717) is 44.7 Å². The molecule has 2 amide bonds. The van der Waals surface area contributed by atoms with Crippen LogP contribution in [0.5, 0.6) is 0 Å². The predicted molar refractivity (Wildman–Crippen MR) is 87.8 cm³/mol. The van der Waals surface area contributed by atoms with Crippen LogP contribution in [0.1, 0.15) is 40.3 Å². The van der Waals surface area contributed by atoms with Crippen LogP contribution in [-0.2, 0) is 11.2 Å². The van der Waals surface area contributed by atoms with E-state index in [-0.39, 0.29) is 11.8 Å². The van der Waals surface area contributed by atoms with Gasteiger partial charge in [-0.3, -0.25) is 9.59 Å². The first-order valence-electron chi connectivity index (χ1n) is 8.41. The molecule has 1 aliphatic rings. The quantitative estimate of drug-likeness (QED) is 0.874. The summed E-state index contributed by atoms with van der Waals surface area (Å²) in [5, 5.41) is 13.9. The van der Waals surface area contributed by atoms with Gasteiger partial charge >= 0.3 is 0 Å². The summed E-state index contributed by atoms with van der Waals surface area (Å²) >= 11 is 0. The second-order valence-corrected chi connectivity index (χ2v) is 6.18. The molecule has 0 saturated carbocycles. The molecule has 1 saturated heterocycles. The molecule has 2 aromatic rings. The molecule has 0 spiro atoms. The molecule has 1 aliphatic heterocycles. The van der Waals surface area contributed by atoms with Crippen LogP contribution in [0.3, 0.4) is 0 Å². The van der Waals surface area contributed by atoms with Crippen molar-refractivity contribution in [1.29, 1.82) is 0 Å². The van der Waals surface area contributed by atoms with E-state index in [0.717, 1.165) is 23.4 Å². The number of aryl methyl sites for hydroxylation is 2. The number of H-pyrrole nitrogens is 1.